The number of nitrogens with one attached hydrogen (secondary N) is 1. The van der Waals surface area contributed by atoms with Gasteiger partial charge in [0.2, 0.25) is 5.88 Å². The summed E-state index contributed by atoms with van der Waals surface area (Å²) in [5.41, 5.74) is -2.61. The number of methoxy groups -OCH3 is 2. The molecule has 3 aromatic carbocycles. The summed E-state index contributed by atoms with van der Waals surface area (Å²) in [5.74, 6) is -4.53. The summed E-state index contributed by atoms with van der Waals surface area (Å²) in [4.78, 5) is 59.5. The number of alkyl halides is 3. The van der Waals surface area contributed by atoms with E-state index < -0.39 is 64.1 Å². The van der Waals surface area contributed by atoms with Gasteiger partial charge in [-0.3, -0.25) is 9.59 Å². The number of imide groups is 1. The number of rotatable bonds is 11. The molecular formula is C38H35F5N4O7. The number of ether oxygens (including phenoxy) is 3. The van der Waals surface area contributed by atoms with Crippen LogP contribution in [-0.2, 0) is 28.6 Å². The number of carbonyl (C=O) groups excluding carboxylic acids is 4. The molecule has 54 heavy (non-hydrogen) atoms. The number of anilines is 3. The van der Waals surface area contributed by atoms with Gasteiger partial charge in [-0.2, -0.15) is 13.2 Å². The Morgan fingerprint density at radius 2 is 1.56 bits per heavy atom. The molecule has 0 aliphatic carbocycles. The summed E-state index contributed by atoms with van der Waals surface area (Å²) < 4.78 is 85.4. The van der Waals surface area contributed by atoms with Gasteiger partial charge >= 0.3 is 18.2 Å². The minimum absolute atomic E-state index is 0.0249. The van der Waals surface area contributed by atoms with E-state index in [0.717, 1.165) is 24.1 Å². The molecule has 0 fully saturated rings. The minimum Gasteiger partial charge on any atom is -0.481 e. The Bertz CT molecular complexity index is 2080. The van der Waals surface area contributed by atoms with Crippen molar-refractivity contribution in [2.24, 2.45) is 0 Å². The Labute approximate surface area is 306 Å². The highest BCUT2D eigenvalue weighted by Gasteiger charge is 2.39. The van der Waals surface area contributed by atoms with Gasteiger partial charge < -0.3 is 24.4 Å². The number of aryl methyl sites for hydroxylation is 1. The molecule has 0 radical (unpaired) electrons. The van der Waals surface area contributed by atoms with Crippen molar-refractivity contribution in [3.05, 3.63) is 112 Å². The Hall–Kier alpha value is -6.06. The molecule has 1 aromatic heterocycles. The molecule has 11 nitrogen and oxygen atoms in total. The van der Waals surface area contributed by atoms with Gasteiger partial charge in [0.1, 0.15) is 17.2 Å². The van der Waals surface area contributed by atoms with E-state index in [9.17, 15) is 41.1 Å². The number of fused-ring (bicyclic) bond motifs is 1. The van der Waals surface area contributed by atoms with E-state index in [0.29, 0.717) is 12.1 Å². The number of esters is 1. The summed E-state index contributed by atoms with van der Waals surface area (Å²) in [7, 11) is 2.35. The van der Waals surface area contributed by atoms with E-state index in [1.54, 1.807) is 32.9 Å². The van der Waals surface area contributed by atoms with Crippen molar-refractivity contribution in [1.82, 2.24) is 9.88 Å². The first kappa shape index (κ1) is 39.2. The SMILES string of the molecule is COC(=O)c1cc(F)c(C(F)(F)F)cc1Nc1ccc(F)cc1CCCN(Cc1nc(OC)ccc1N1C(=O)c2ccccc2C1=O)C(=O)OC(C)(C)C. The first-order chi connectivity index (χ1) is 25.4. The van der Waals surface area contributed by atoms with Gasteiger partial charge in [0.25, 0.3) is 11.8 Å². The summed E-state index contributed by atoms with van der Waals surface area (Å²) >= 11 is 0. The molecule has 1 N–H and O–H groups in total. The van der Waals surface area contributed by atoms with Crippen LogP contribution in [0.4, 0.5) is 43.8 Å². The lowest BCUT2D eigenvalue weighted by Gasteiger charge is -2.28. The molecule has 0 unspecified atom stereocenters. The maximum absolute atomic E-state index is 14.6. The number of pyridine rings is 1. The molecular weight excluding hydrogens is 719 g/mol. The Morgan fingerprint density at radius 1 is 0.889 bits per heavy atom. The smallest absolute Gasteiger partial charge is 0.419 e. The lowest BCUT2D eigenvalue weighted by Crippen LogP contribution is -2.38. The van der Waals surface area contributed by atoms with Gasteiger partial charge in [-0.15, -0.1) is 0 Å². The van der Waals surface area contributed by atoms with Crippen LogP contribution in [0.3, 0.4) is 0 Å². The normalized spacial score (nSPS) is 12.7. The van der Waals surface area contributed by atoms with Crippen molar-refractivity contribution in [2.75, 3.05) is 31.0 Å². The highest BCUT2D eigenvalue weighted by molar-refractivity contribution is 6.34. The predicted molar refractivity (Wildman–Crippen MR) is 186 cm³/mol. The topological polar surface area (TPSA) is 127 Å². The molecule has 1 aliphatic rings. The second-order valence-electron chi connectivity index (χ2n) is 13.1. The first-order valence-electron chi connectivity index (χ1n) is 16.5. The molecule has 4 aromatic rings. The predicted octanol–water partition coefficient (Wildman–Crippen LogP) is 8.09. The maximum Gasteiger partial charge on any atom is 0.419 e. The largest absolute Gasteiger partial charge is 0.481 e. The van der Waals surface area contributed by atoms with Crippen molar-refractivity contribution in [3.8, 4) is 5.88 Å². The second kappa shape index (κ2) is 15.5. The quantitative estimate of drug-likeness (QED) is 0.0919. The maximum atomic E-state index is 14.6. The molecule has 3 amide bonds. The fourth-order valence-corrected chi connectivity index (χ4v) is 5.73. The van der Waals surface area contributed by atoms with Gasteiger partial charge in [-0.1, -0.05) is 12.1 Å². The van der Waals surface area contributed by atoms with Crippen molar-refractivity contribution in [3.63, 3.8) is 0 Å². The van der Waals surface area contributed by atoms with Crippen LogP contribution in [0.15, 0.2) is 66.7 Å². The highest BCUT2D eigenvalue weighted by Crippen LogP contribution is 2.37. The van der Waals surface area contributed by atoms with E-state index in [1.165, 1.54) is 42.3 Å². The average Bonchev–Trinajstić information content (AvgIpc) is 3.36. The molecule has 2 heterocycles. The summed E-state index contributed by atoms with van der Waals surface area (Å²) in [6.45, 7) is 4.63. The standard InChI is InChI=1S/C38H35F5N4O7/c1-37(2,3)54-36(51)46(20-30-31(14-15-32(45-30)52-4)47-33(48)23-10-6-7-11-24(23)34(47)49)16-8-9-21-17-22(39)12-13-28(21)44-29-19-26(38(41,42)43)27(40)18-25(29)35(50)53-5/h6-7,10-15,17-19,44H,8-9,16,20H2,1-5H3. The molecule has 0 spiro atoms. The number of hydrogen-bond acceptors (Lipinski definition) is 9. The Balaban J connectivity index is 1.45. The van der Waals surface area contributed by atoms with Crippen LogP contribution in [-0.4, -0.2) is 60.1 Å². The number of benzene rings is 3. The van der Waals surface area contributed by atoms with E-state index in [4.69, 9.17) is 9.47 Å². The number of halogens is 5. The lowest BCUT2D eigenvalue weighted by atomic mass is 10.0. The number of aromatic nitrogens is 1. The second-order valence-corrected chi connectivity index (χ2v) is 13.1. The molecule has 0 atom stereocenters. The zero-order valence-corrected chi connectivity index (χ0v) is 29.8. The van der Waals surface area contributed by atoms with Crippen molar-refractivity contribution in [1.29, 1.82) is 0 Å². The number of carbonyl (C=O) groups is 4. The monoisotopic (exact) mass is 754 g/mol. The van der Waals surface area contributed by atoms with Crippen molar-refractivity contribution < 1.29 is 55.3 Å². The Kier molecular flexibility index (Phi) is 11.2. The highest BCUT2D eigenvalue weighted by atomic mass is 19.4. The third-order valence-electron chi connectivity index (χ3n) is 8.19. The van der Waals surface area contributed by atoms with Gasteiger partial charge in [0.05, 0.1) is 60.1 Å². The molecule has 1 aliphatic heterocycles. The van der Waals surface area contributed by atoms with Crippen LogP contribution < -0.4 is 15.0 Å². The number of amides is 3. The van der Waals surface area contributed by atoms with Crippen LogP contribution in [0.25, 0.3) is 0 Å². The van der Waals surface area contributed by atoms with Crippen LogP contribution in [0.5, 0.6) is 5.88 Å². The van der Waals surface area contributed by atoms with E-state index in [2.05, 4.69) is 15.0 Å². The van der Waals surface area contributed by atoms with Crippen molar-refractivity contribution >= 4 is 40.9 Å². The van der Waals surface area contributed by atoms with Gasteiger partial charge in [0, 0.05) is 18.3 Å². The van der Waals surface area contributed by atoms with Gasteiger partial charge in [0.15, 0.2) is 0 Å². The summed E-state index contributed by atoms with van der Waals surface area (Å²) in [6.07, 6.45) is -5.74. The van der Waals surface area contributed by atoms with Crippen LogP contribution in [0, 0.1) is 11.6 Å². The fourth-order valence-electron chi connectivity index (χ4n) is 5.73. The van der Waals surface area contributed by atoms with Crippen LogP contribution >= 0.6 is 0 Å². The van der Waals surface area contributed by atoms with E-state index >= 15 is 0 Å². The molecule has 5 rings (SSSR count). The fraction of sp³-hybridized carbons (Fsp3) is 0.289. The average molecular weight is 755 g/mol. The third kappa shape index (κ3) is 8.59. The molecule has 0 bridgehead atoms. The zero-order valence-electron chi connectivity index (χ0n) is 29.8. The summed E-state index contributed by atoms with van der Waals surface area (Å²) in [6, 6.07) is 13.5. The summed E-state index contributed by atoms with van der Waals surface area (Å²) in [5, 5.41) is 2.69. The molecule has 16 heteroatoms. The minimum atomic E-state index is -5.09. The molecule has 0 saturated carbocycles. The zero-order chi connectivity index (χ0) is 39.5. The van der Waals surface area contributed by atoms with Gasteiger partial charge in [-0.25, -0.2) is 28.3 Å². The van der Waals surface area contributed by atoms with Crippen molar-refractivity contribution in [2.45, 2.75) is 51.9 Å². The number of hydrogen-bond donors (Lipinski definition) is 1. The Morgan fingerprint density at radius 3 is 2.15 bits per heavy atom. The van der Waals surface area contributed by atoms with E-state index in [-0.39, 0.29) is 65.6 Å². The molecule has 0 saturated heterocycles. The molecule has 284 valence electrons. The lowest BCUT2D eigenvalue weighted by molar-refractivity contribution is -0.139. The number of nitrogens with zero attached hydrogens (tertiary/aromatic N) is 3. The van der Waals surface area contributed by atoms with Crippen LogP contribution in [0.2, 0.25) is 0 Å². The van der Waals surface area contributed by atoms with Crippen LogP contribution in [0.1, 0.15) is 75.1 Å². The first-order valence-corrected chi connectivity index (χ1v) is 16.5. The van der Waals surface area contributed by atoms with E-state index in [1.807, 2.05) is 0 Å². The van der Waals surface area contributed by atoms with Gasteiger partial charge in [-0.05, 0) is 87.7 Å². The third-order valence-corrected chi connectivity index (χ3v) is 8.19.